The average Bonchev–Trinajstić information content (AvgIpc) is 2.79. The molecule has 1 saturated carbocycles. The third-order valence-electron chi connectivity index (χ3n) is 4.31. The maximum absolute atomic E-state index is 12.9. The highest BCUT2D eigenvalue weighted by Gasteiger charge is 2.57. The minimum absolute atomic E-state index is 0.0226. The van der Waals surface area contributed by atoms with Crippen LogP contribution in [-0.2, 0) is 13.6 Å². The number of nitrogens with one attached hydrogen (secondary N) is 1. The lowest BCUT2D eigenvalue weighted by molar-refractivity contribution is 0.239. The molecular weight excluding hydrogens is 281 g/mol. The fraction of sp³-hybridized carbons (Fsp3) is 1.00. The van der Waals surface area contributed by atoms with Gasteiger partial charge < -0.3 is 9.05 Å². The van der Waals surface area contributed by atoms with Gasteiger partial charge in [-0.1, -0.05) is 33.1 Å². The third kappa shape index (κ3) is 2.91. The van der Waals surface area contributed by atoms with E-state index in [9.17, 15) is 4.57 Å². The second-order valence-electron chi connectivity index (χ2n) is 5.88. The molecule has 0 radical (unpaired) electrons. The first kappa shape index (κ1) is 15.8. The van der Waals surface area contributed by atoms with Gasteiger partial charge in [-0.2, -0.15) is 0 Å². The first-order chi connectivity index (χ1) is 8.97. The zero-order valence-corrected chi connectivity index (χ0v) is 14.1. The predicted octanol–water partition coefficient (Wildman–Crippen LogP) is 3.82. The monoisotopic (exact) mass is 307 g/mol. The Labute approximate surface area is 120 Å². The third-order valence-corrected chi connectivity index (χ3v) is 8.83. The van der Waals surface area contributed by atoms with E-state index >= 15 is 0 Å². The van der Waals surface area contributed by atoms with Crippen molar-refractivity contribution in [3.05, 3.63) is 0 Å². The minimum Gasteiger partial charge on any atom is -0.311 e. The van der Waals surface area contributed by atoms with Gasteiger partial charge in [0.15, 0.2) is 0 Å². The minimum atomic E-state index is -3.07. The Morgan fingerprint density at radius 2 is 1.79 bits per heavy atom. The summed E-state index contributed by atoms with van der Waals surface area (Å²) in [4.78, 5) is 0. The number of hydrogen-bond donors (Lipinski definition) is 1. The first-order valence-electron chi connectivity index (χ1n) is 7.12. The summed E-state index contributed by atoms with van der Waals surface area (Å²) < 4.78 is 23.5. The lowest BCUT2D eigenvalue weighted by Gasteiger charge is -2.39. The van der Waals surface area contributed by atoms with Crippen LogP contribution in [0.3, 0.4) is 0 Å². The fourth-order valence-electron chi connectivity index (χ4n) is 3.19. The lowest BCUT2D eigenvalue weighted by atomic mass is 9.88. The molecule has 0 aromatic carbocycles. The molecule has 2 aliphatic rings. The van der Waals surface area contributed by atoms with Crippen LogP contribution in [0.2, 0.25) is 0 Å². The molecule has 1 saturated heterocycles. The van der Waals surface area contributed by atoms with Gasteiger partial charge in [0.25, 0.3) is 0 Å². The molecule has 0 aromatic rings. The van der Waals surface area contributed by atoms with Crippen molar-refractivity contribution in [3.63, 3.8) is 0 Å². The standard InChI is InChI=1S/C13H26NO3PS/c1-10(2)11-14-12(18(15,16-3)17-4)13(19-11)8-6-5-7-9-13/h10-12,14H,5-9H2,1-4H3/t11-,12-/m0/s1. The summed E-state index contributed by atoms with van der Waals surface area (Å²) in [6, 6.07) is 0. The zero-order valence-electron chi connectivity index (χ0n) is 12.3. The Morgan fingerprint density at radius 3 is 2.26 bits per heavy atom. The second kappa shape index (κ2) is 6.07. The summed E-state index contributed by atoms with van der Waals surface area (Å²) >= 11 is 1.96. The molecule has 0 amide bonds. The van der Waals surface area contributed by atoms with Crippen molar-refractivity contribution in [1.82, 2.24) is 5.32 Å². The van der Waals surface area contributed by atoms with Crippen LogP contribution in [0.15, 0.2) is 0 Å². The van der Waals surface area contributed by atoms with E-state index in [1.807, 2.05) is 11.8 Å². The molecule has 1 heterocycles. The van der Waals surface area contributed by atoms with Gasteiger partial charge in [-0.15, -0.1) is 11.8 Å². The molecule has 112 valence electrons. The highest BCUT2D eigenvalue weighted by molar-refractivity contribution is 8.02. The number of thioether (sulfide) groups is 1. The molecule has 0 bridgehead atoms. The number of hydrogen-bond acceptors (Lipinski definition) is 5. The van der Waals surface area contributed by atoms with Gasteiger partial charge in [-0.25, -0.2) is 0 Å². The maximum atomic E-state index is 12.9. The topological polar surface area (TPSA) is 47.6 Å². The summed E-state index contributed by atoms with van der Waals surface area (Å²) in [7, 11) is -0.0799. The average molecular weight is 307 g/mol. The largest absolute Gasteiger partial charge is 0.348 e. The normalized spacial score (nSPS) is 31.2. The lowest BCUT2D eigenvalue weighted by Crippen LogP contribution is -2.44. The molecule has 1 aliphatic heterocycles. The van der Waals surface area contributed by atoms with E-state index < -0.39 is 7.60 Å². The van der Waals surface area contributed by atoms with Crippen LogP contribution >= 0.6 is 19.4 Å². The second-order valence-corrected chi connectivity index (χ2v) is 9.77. The smallest absolute Gasteiger partial charge is 0.311 e. The Hall–Kier alpha value is 0.460. The molecule has 2 rings (SSSR count). The zero-order chi connectivity index (χ0) is 14.1. The van der Waals surface area contributed by atoms with Gasteiger partial charge in [0.1, 0.15) is 5.78 Å². The Balaban J connectivity index is 2.29. The summed E-state index contributed by atoms with van der Waals surface area (Å²) in [6.45, 7) is 4.40. The first-order valence-corrected chi connectivity index (χ1v) is 9.61. The van der Waals surface area contributed by atoms with E-state index in [2.05, 4.69) is 19.2 Å². The van der Waals surface area contributed by atoms with Gasteiger partial charge in [0.05, 0.1) is 5.37 Å². The summed E-state index contributed by atoms with van der Waals surface area (Å²) in [5, 5.41) is 3.88. The van der Waals surface area contributed by atoms with Crippen molar-refractivity contribution < 1.29 is 13.6 Å². The molecule has 0 aromatic heterocycles. The van der Waals surface area contributed by atoms with Crippen LogP contribution < -0.4 is 5.32 Å². The molecule has 0 unspecified atom stereocenters. The van der Waals surface area contributed by atoms with Crippen LogP contribution in [0.5, 0.6) is 0 Å². The quantitative estimate of drug-likeness (QED) is 0.800. The SMILES string of the molecule is COP(=O)(OC)[C@@H]1N[C@H](C(C)C)SC12CCCCC2. The molecule has 6 heteroatoms. The van der Waals surface area contributed by atoms with E-state index in [1.165, 1.54) is 33.5 Å². The molecule has 1 N–H and O–H groups in total. The Morgan fingerprint density at radius 1 is 1.21 bits per heavy atom. The van der Waals surface area contributed by atoms with Crippen LogP contribution in [0, 0.1) is 5.92 Å². The van der Waals surface area contributed by atoms with Gasteiger partial charge >= 0.3 is 7.60 Å². The van der Waals surface area contributed by atoms with E-state index in [0.29, 0.717) is 11.3 Å². The fourth-order valence-corrected chi connectivity index (χ4v) is 7.32. The molecule has 4 nitrogen and oxygen atoms in total. The summed E-state index contributed by atoms with van der Waals surface area (Å²) in [5.41, 5.74) is 0. The van der Waals surface area contributed by atoms with Crippen molar-refractivity contribution in [2.75, 3.05) is 14.2 Å². The van der Waals surface area contributed by atoms with E-state index in [4.69, 9.17) is 9.05 Å². The van der Waals surface area contributed by atoms with Crippen molar-refractivity contribution in [2.24, 2.45) is 5.92 Å². The van der Waals surface area contributed by atoms with Crippen LogP contribution in [-0.4, -0.2) is 30.1 Å². The molecule has 2 fully saturated rings. The predicted molar refractivity (Wildman–Crippen MR) is 80.6 cm³/mol. The number of rotatable bonds is 4. The van der Waals surface area contributed by atoms with Gasteiger partial charge in [0.2, 0.25) is 0 Å². The van der Waals surface area contributed by atoms with E-state index in [1.54, 1.807) is 0 Å². The van der Waals surface area contributed by atoms with Crippen molar-refractivity contribution in [2.45, 2.75) is 61.9 Å². The highest BCUT2D eigenvalue weighted by Crippen LogP contribution is 2.64. The van der Waals surface area contributed by atoms with Crippen molar-refractivity contribution in [1.29, 1.82) is 0 Å². The van der Waals surface area contributed by atoms with Crippen LogP contribution in [0.4, 0.5) is 0 Å². The van der Waals surface area contributed by atoms with E-state index in [0.717, 1.165) is 12.8 Å². The summed E-state index contributed by atoms with van der Waals surface area (Å²) in [5.74, 6) is 0.337. The highest BCUT2D eigenvalue weighted by atomic mass is 32.2. The molecular formula is C13H26NO3PS. The molecule has 2 atom stereocenters. The van der Waals surface area contributed by atoms with Crippen LogP contribution in [0.25, 0.3) is 0 Å². The summed E-state index contributed by atoms with van der Waals surface area (Å²) in [6.07, 6.45) is 5.92. The molecule has 19 heavy (non-hydrogen) atoms. The Bertz CT molecular complexity index is 350. The van der Waals surface area contributed by atoms with Crippen LogP contribution in [0.1, 0.15) is 46.0 Å². The van der Waals surface area contributed by atoms with Crippen molar-refractivity contribution in [3.8, 4) is 0 Å². The molecule has 1 aliphatic carbocycles. The molecule has 1 spiro atoms. The van der Waals surface area contributed by atoms with Gasteiger partial charge in [-0.05, 0) is 18.8 Å². The van der Waals surface area contributed by atoms with Gasteiger partial charge in [-0.3, -0.25) is 9.88 Å². The maximum Gasteiger partial charge on any atom is 0.348 e. The van der Waals surface area contributed by atoms with E-state index in [-0.39, 0.29) is 10.5 Å². The Kier molecular flexibility index (Phi) is 5.06. The van der Waals surface area contributed by atoms with Gasteiger partial charge in [0, 0.05) is 19.0 Å². The van der Waals surface area contributed by atoms with Crippen molar-refractivity contribution >= 4 is 19.4 Å².